The van der Waals surface area contributed by atoms with Crippen LogP contribution in [-0.2, 0) is 13.0 Å². The summed E-state index contributed by atoms with van der Waals surface area (Å²) in [6, 6.07) is 0.569. The van der Waals surface area contributed by atoms with Crippen LogP contribution >= 0.6 is 0 Å². The first kappa shape index (κ1) is 14.5. The monoisotopic (exact) mass is 266 g/mol. The van der Waals surface area contributed by atoms with Crippen molar-refractivity contribution in [3.63, 3.8) is 0 Å². The molecule has 2 heterocycles. The molecule has 1 aliphatic heterocycles. The Labute approximate surface area is 115 Å². The molecule has 0 aromatic carbocycles. The topological polar surface area (TPSA) is 54.2 Å². The van der Waals surface area contributed by atoms with Crippen LogP contribution in [0.2, 0.25) is 0 Å². The fourth-order valence-corrected chi connectivity index (χ4v) is 2.56. The molecule has 5 heteroatoms. The lowest BCUT2D eigenvalue weighted by Crippen LogP contribution is -2.40. The van der Waals surface area contributed by atoms with Crippen molar-refractivity contribution in [3.05, 3.63) is 11.7 Å². The van der Waals surface area contributed by atoms with Gasteiger partial charge in [-0.25, -0.2) is 0 Å². The molecular weight excluding hydrogens is 240 g/mol. The molecule has 19 heavy (non-hydrogen) atoms. The average molecular weight is 266 g/mol. The van der Waals surface area contributed by atoms with Crippen LogP contribution < -0.4 is 5.32 Å². The van der Waals surface area contributed by atoms with Crippen LogP contribution in [0, 0.1) is 5.92 Å². The second-order valence-corrected chi connectivity index (χ2v) is 5.76. The minimum atomic E-state index is 0.569. The molecule has 1 saturated heterocycles. The third-order valence-corrected chi connectivity index (χ3v) is 3.60. The molecule has 0 saturated carbocycles. The van der Waals surface area contributed by atoms with Gasteiger partial charge in [-0.15, -0.1) is 0 Å². The van der Waals surface area contributed by atoms with Gasteiger partial charge in [0.25, 0.3) is 0 Å². The molecule has 0 amide bonds. The fraction of sp³-hybridized carbons (Fsp3) is 0.857. The van der Waals surface area contributed by atoms with Crippen molar-refractivity contribution < 1.29 is 4.52 Å². The quantitative estimate of drug-likeness (QED) is 0.851. The maximum absolute atomic E-state index is 5.16. The minimum absolute atomic E-state index is 0.569. The first-order valence-corrected chi connectivity index (χ1v) is 7.44. The van der Waals surface area contributed by atoms with Crippen LogP contribution in [0.4, 0.5) is 0 Å². The largest absolute Gasteiger partial charge is 0.339 e. The molecular formula is C14H26N4O. The molecule has 0 radical (unpaired) electrons. The summed E-state index contributed by atoms with van der Waals surface area (Å²) in [6.07, 6.45) is 3.40. The van der Waals surface area contributed by atoms with E-state index in [1.165, 1.54) is 12.8 Å². The van der Waals surface area contributed by atoms with E-state index < -0.39 is 0 Å². The highest BCUT2D eigenvalue weighted by molar-refractivity contribution is 4.87. The lowest BCUT2D eigenvalue weighted by atomic mass is 9.98. The van der Waals surface area contributed by atoms with Gasteiger partial charge in [-0.05, 0) is 31.8 Å². The number of likely N-dealkylation sites (tertiary alicyclic amines) is 1. The summed E-state index contributed by atoms with van der Waals surface area (Å²) >= 11 is 0. The standard InChI is InChI=1S/C14H26N4O/c1-4-14-16-13(17-19-14)10-18-7-5-6-12(9-18)8-15-11(2)3/h11-12,15H,4-10H2,1-3H3. The van der Waals surface area contributed by atoms with Crippen LogP contribution in [0.5, 0.6) is 0 Å². The summed E-state index contributed by atoms with van der Waals surface area (Å²) in [5.74, 6) is 2.31. The van der Waals surface area contributed by atoms with Crippen molar-refractivity contribution >= 4 is 0 Å². The van der Waals surface area contributed by atoms with E-state index >= 15 is 0 Å². The lowest BCUT2D eigenvalue weighted by Gasteiger charge is -2.32. The molecule has 1 N–H and O–H groups in total. The van der Waals surface area contributed by atoms with E-state index in [-0.39, 0.29) is 0 Å². The number of aromatic nitrogens is 2. The van der Waals surface area contributed by atoms with Crippen molar-refractivity contribution in [3.8, 4) is 0 Å². The van der Waals surface area contributed by atoms with E-state index in [1.807, 2.05) is 6.92 Å². The molecule has 1 aromatic heterocycles. The van der Waals surface area contributed by atoms with Crippen LogP contribution in [0.15, 0.2) is 4.52 Å². The Hall–Kier alpha value is -0.940. The van der Waals surface area contributed by atoms with Gasteiger partial charge < -0.3 is 9.84 Å². The van der Waals surface area contributed by atoms with Gasteiger partial charge in [0.1, 0.15) is 0 Å². The van der Waals surface area contributed by atoms with Crippen LogP contribution in [0.3, 0.4) is 0 Å². The summed E-state index contributed by atoms with van der Waals surface area (Å²) in [5.41, 5.74) is 0. The molecule has 1 aromatic rings. The fourth-order valence-electron chi connectivity index (χ4n) is 2.56. The zero-order chi connectivity index (χ0) is 13.7. The molecule has 5 nitrogen and oxygen atoms in total. The van der Waals surface area contributed by atoms with Crippen molar-refractivity contribution in [2.24, 2.45) is 5.92 Å². The highest BCUT2D eigenvalue weighted by Crippen LogP contribution is 2.17. The normalized spacial score (nSPS) is 21.2. The molecule has 0 bridgehead atoms. The number of nitrogens with one attached hydrogen (secondary N) is 1. The van der Waals surface area contributed by atoms with E-state index in [2.05, 4.69) is 34.2 Å². The molecule has 1 atom stereocenters. The third kappa shape index (κ3) is 4.58. The van der Waals surface area contributed by atoms with Crippen molar-refractivity contribution in [1.82, 2.24) is 20.4 Å². The number of rotatable bonds is 6. The van der Waals surface area contributed by atoms with Gasteiger partial charge in [-0.2, -0.15) is 4.98 Å². The first-order valence-electron chi connectivity index (χ1n) is 7.44. The van der Waals surface area contributed by atoms with Gasteiger partial charge in [0.05, 0.1) is 6.54 Å². The molecule has 108 valence electrons. The molecule has 1 unspecified atom stereocenters. The molecule has 0 spiro atoms. The van der Waals surface area contributed by atoms with Gasteiger partial charge in [-0.1, -0.05) is 25.9 Å². The Bertz CT molecular complexity index is 377. The molecule has 0 aliphatic carbocycles. The number of nitrogens with zero attached hydrogens (tertiary/aromatic N) is 3. The van der Waals surface area contributed by atoms with Crippen molar-refractivity contribution in [1.29, 1.82) is 0 Å². The number of piperidine rings is 1. The van der Waals surface area contributed by atoms with Gasteiger partial charge >= 0.3 is 0 Å². The molecule has 1 fully saturated rings. The molecule has 2 rings (SSSR count). The Morgan fingerprint density at radius 2 is 2.32 bits per heavy atom. The summed E-state index contributed by atoms with van der Waals surface area (Å²) in [5, 5.41) is 7.57. The predicted octanol–water partition coefficient (Wildman–Crippen LogP) is 1.84. The van der Waals surface area contributed by atoms with Gasteiger partial charge in [0.2, 0.25) is 5.89 Å². The van der Waals surface area contributed by atoms with E-state index in [9.17, 15) is 0 Å². The smallest absolute Gasteiger partial charge is 0.226 e. The second kappa shape index (κ2) is 7.01. The van der Waals surface area contributed by atoms with E-state index in [0.717, 1.165) is 50.2 Å². The number of aryl methyl sites for hydroxylation is 1. The highest BCUT2D eigenvalue weighted by Gasteiger charge is 2.21. The summed E-state index contributed by atoms with van der Waals surface area (Å²) in [4.78, 5) is 6.83. The van der Waals surface area contributed by atoms with E-state index in [1.54, 1.807) is 0 Å². The zero-order valence-corrected chi connectivity index (χ0v) is 12.4. The Morgan fingerprint density at radius 3 is 3.00 bits per heavy atom. The van der Waals surface area contributed by atoms with Crippen molar-refractivity contribution in [2.75, 3.05) is 19.6 Å². The predicted molar refractivity (Wildman–Crippen MR) is 74.8 cm³/mol. The maximum atomic E-state index is 5.16. The summed E-state index contributed by atoms with van der Waals surface area (Å²) in [6.45, 7) is 10.6. The number of hydrogen-bond acceptors (Lipinski definition) is 5. The van der Waals surface area contributed by atoms with Gasteiger partial charge in [0.15, 0.2) is 5.82 Å². The Morgan fingerprint density at radius 1 is 1.47 bits per heavy atom. The Balaban J connectivity index is 1.80. The second-order valence-electron chi connectivity index (χ2n) is 5.76. The van der Waals surface area contributed by atoms with Crippen molar-refractivity contribution in [2.45, 2.75) is 52.6 Å². The average Bonchev–Trinajstić information content (AvgIpc) is 2.84. The summed E-state index contributed by atoms with van der Waals surface area (Å²) < 4.78 is 5.16. The van der Waals surface area contributed by atoms with Gasteiger partial charge in [-0.3, -0.25) is 4.90 Å². The number of hydrogen-bond donors (Lipinski definition) is 1. The third-order valence-electron chi connectivity index (χ3n) is 3.60. The summed E-state index contributed by atoms with van der Waals surface area (Å²) in [7, 11) is 0. The molecule has 1 aliphatic rings. The first-order chi connectivity index (χ1) is 9.17. The van der Waals surface area contributed by atoms with Crippen LogP contribution in [-0.4, -0.2) is 40.7 Å². The SMILES string of the molecule is CCc1nc(CN2CCCC(CNC(C)C)C2)no1. The minimum Gasteiger partial charge on any atom is -0.339 e. The van der Waals surface area contributed by atoms with E-state index in [0.29, 0.717) is 6.04 Å². The van der Waals surface area contributed by atoms with Crippen LogP contribution in [0.1, 0.15) is 45.3 Å². The zero-order valence-electron chi connectivity index (χ0n) is 12.4. The van der Waals surface area contributed by atoms with E-state index in [4.69, 9.17) is 4.52 Å². The Kier molecular flexibility index (Phi) is 5.34. The maximum Gasteiger partial charge on any atom is 0.226 e. The van der Waals surface area contributed by atoms with Gasteiger partial charge in [0, 0.05) is 19.0 Å². The van der Waals surface area contributed by atoms with Crippen LogP contribution in [0.25, 0.3) is 0 Å². The lowest BCUT2D eigenvalue weighted by molar-refractivity contribution is 0.159. The highest BCUT2D eigenvalue weighted by atomic mass is 16.5.